The van der Waals surface area contributed by atoms with Crippen LogP contribution in [-0.4, -0.2) is 53.6 Å². The molecule has 2 nitrogen and oxygen atoms in total. The Balaban J connectivity index is 3.93. The summed E-state index contributed by atoms with van der Waals surface area (Å²) in [6, 6.07) is 0. The summed E-state index contributed by atoms with van der Waals surface area (Å²) in [4.78, 5) is 4.60. The van der Waals surface area contributed by atoms with E-state index in [-0.39, 0.29) is 0 Å². The summed E-state index contributed by atoms with van der Waals surface area (Å²) in [5.74, 6) is 1.10. The van der Waals surface area contributed by atoms with Crippen LogP contribution in [0.1, 0.15) is 39.5 Å². The molecule has 0 fully saturated rings. The van der Waals surface area contributed by atoms with Crippen molar-refractivity contribution in [3.63, 3.8) is 0 Å². The molecule has 0 aliphatic carbocycles. The molecule has 0 rings (SSSR count). The lowest BCUT2D eigenvalue weighted by molar-refractivity contribution is 0.410. The van der Waals surface area contributed by atoms with Crippen molar-refractivity contribution >= 4 is 28.3 Å². The van der Waals surface area contributed by atoms with Gasteiger partial charge in [-0.3, -0.25) is 0 Å². The molecule has 0 aromatic heterocycles. The first-order valence-corrected chi connectivity index (χ1v) is 8.07. The summed E-state index contributed by atoms with van der Waals surface area (Å²) in [5, 5.41) is 0. The van der Waals surface area contributed by atoms with Crippen molar-refractivity contribution in [1.29, 1.82) is 0 Å². The summed E-state index contributed by atoms with van der Waals surface area (Å²) in [5.41, 5.74) is 0. The first kappa shape index (κ1) is 17.2. The number of rotatable bonds is 9. The quantitative estimate of drug-likeness (QED) is 0.595. The van der Waals surface area contributed by atoms with E-state index in [1.54, 1.807) is 0 Å². The van der Waals surface area contributed by atoms with Gasteiger partial charge in [0.1, 0.15) is 4.32 Å². The van der Waals surface area contributed by atoms with E-state index in [0.29, 0.717) is 0 Å². The van der Waals surface area contributed by atoms with Crippen LogP contribution in [0.2, 0.25) is 0 Å². The van der Waals surface area contributed by atoms with Crippen molar-refractivity contribution in [2.24, 2.45) is 0 Å². The van der Waals surface area contributed by atoms with Crippen LogP contribution in [0.5, 0.6) is 0 Å². The van der Waals surface area contributed by atoms with Crippen LogP contribution in [0.3, 0.4) is 0 Å². The van der Waals surface area contributed by atoms with E-state index in [0.717, 1.165) is 29.7 Å². The predicted molar refractivity (Wildman–Crippen MR) is 85.0 cm³/mol. The third-order valence-electron chi connectivity index (χ3n) is 2.59. The van der Waals surface area contributed by atoms with E-state index >= 15 is 0 Å². The van der Waals surface area contributed by atoms with Gasteiger partial charge in [0.15, 0.2) is 0 Å². The number of hydrogen-bond donors (Lipinski definition) is 0. The highest BCUT2D eigenvalue weighted by Gasteiger charge is 2.08. The van der Waals surface area contributed by atoms with E-state index in [1.165, 1.54) is 25.7 Å². The van der Waals surface area contributed by atoms with Crippen molar-refractivity contribution in [2.45, 2.75) is 39.5 Å². The molecule has 4 heteroatoms. The molecule has 0 aliphatic rings. The summed E-state index contributed by atoms with van der Waals surface area (Å²) in [6.07, 6.45) is 4.98. The van der Waals surface area contributed by atoms with Crippen LogP contribution < -0.4 is 0 Å². The minimum Gasteiger partial charge on any atom is -0.358 e. The lowest BCUT2D eigenvalue weighted by Crippen LogP contribution is -2.30. The fourth-order valence-electron chi connectivity index (χ4n) is 1.40. The Morgan fingerprint density at radius 3 is 1.94 bits per heavy atom. The molecule has 17 heavy (non-hydrogen) atoms. The highest BCUT2D eigenvalue weighted by molar-refractivity contribution is 8.22. The van der Waals surface area contributed by atoms with Gasteiger partial charge in [-0.05, 0) is 26.9 Å². The summed E-state index contributed by atoms with van der Waals surface area (Å²) in [7, 11) is 4.21. The minimum absolute atomic E-state index is 1.09. The average Bonchev–Trinajstić information content (AvgIpc) is 2.28. The maximum Gasteiger partial charge on any atom is 0.136 e. The molecule has 0 saturated carbocycles. The molecule has 0 heterocycles. The number of nitrogens with zero attached hydrogens (tertiary/aromatic N) is 2. The number of thiocarbonyl (C=S) groups is 1. The molecule has 0 N–H and O–H groups in total. The fourth-order valence-corrected chi connectivity index (χ4v) is 2.83. The van der Waals surface area contributed by atoms with Gasteiger partial charge in [0.25, 0.3) is 0 Å². The first-order valence-electron chi connectivity index (χ1n) is 6.68. The Bertz CT molecular complexity index is 188. The van der Waals surface area contributed by atoms with Crippen LogP contribution in [0.25, 0.3) is 0 Å². The maximum atomic E-state index is 5.52. The molecule has 0 atom stereocenters. The van der Waals surface area contributed by atoms with Crippen molar-refractivity contribution in [1.82, 2.24) is 9.80 Å². The minimum atomic E-state index is 1.09. The maximum absolute atomic E-state index is 5.52. The van der Waals surface area contributed by atoms with Crippen LogP contribution in [0, 0.1) is 0 Å². The van der Waals surface area contributed by atoms with E-state index in [2.05, 4.69) is 37.7 Å². The van der Waals surface area contributed by atoms with Crippen LogP contribution in [-0.2, 0) is 0 Å². The fraction of sp³-hybridized carbons (Fsp3) is 0.923. The van der Waals surface area contributed by atoms with Crippen molar-refractivity contribution < 1.29 is 0 Å². The first-order chi connectivity index (χ1) is 8.11. The average molecular weight is 277 g/mol. The molecule has 0 aliphatic heterocycles. The largest absolute Gasteiger partial charge is 0.358 e. The number of hydrogen-bond acceptors (Lipinski definition) is 3. The van der Waals surface area contributed by atoms with Crippen LogP contribution in [0.15, 0.2) is 0 Å². The van der Waals surface area contributed by atoms with Gasteiger partial charge in [-0.2, -0.15) is 0 Å². The summed E-state index contributed by atoms with van der Waals surface area (Å²) < 4.78 is 1.09. The van der Waals surface area contributed by atoms with Gasteiger partial charge in [-0.15, -0.1) is 0 Å². The van der Waals surface area contributed by atoms with E-state index in [4.69, 9.17) is 12.2 Å². The Labute approximate surface area is 117 Å². The molecule has 0 amide bonds. The van der Waals surface area contributed by atoms with E-state index < -0.39 is 0 Å². The van der Waals surface area contributed by atoms with Gasteiger partial charge in [-0.25, -0.2) is 0 Å². The third kappa shape index (κ3) is 9.86. The Morgan fingerprint density at radius 2 is 1.53 bits per heavy atom. The van der Waals surface area contributed by atoms with Crippen molar-refractivity contribution in [2.75, 3.05) is 39.5 Å². The molecular weight excluding hydrogens is 248 g/mol. The van der Waals surface area contributed by atoms with E-state index in [1.807, 2.05) is 11.8 Å². The second-order valence-electron chi connectivity index (χ2n) is 4.61. The van der Waals surface area contributed by atoms with Gasteiger partial charge in [0.05, 0.1) is 0 Å². The molecule has 0 radical (unpaired) electrons. The molecule has 102 valence electrons. The summed E-state index contributed by atoms with van der Waals surface area (Å²) >= 11 is 7.35. The molecule has 0 bridgehead atoms. The molecule has 0 unspecified atom stereocenters. The second kappa shape index (κ2) is 11.3. The van der Waals surface area contributed by atoms with Crippen LogP contribution >= 0.6 is 24.0 Å². The molecule has 0 aromatic carbocycles. The van der Waals surface area contributed by atoms with Gasteiger partial charge >= 0.3 is 0 Å². The topological polar surface area (TPSA) is 6.48 Å². The third-order valence-corrected chi connectivity index (χ3v) is 4.09. The molecule has 0 spiro atoms. The molecular formula is C13H28N2S2. The Kier molecular flexibility index (Phi) is 11.4. The molecule has 0 saturated heterocycles. The zero-order valence-electron chi connectivity index (χ0n) is 11.9. The highest BCUT2D eigenvalue weighted by Crippen LogP contribution is 2.12. The standard InChI is InChI=1S/C13H28N2S2/c1-5-7-9-15(10-8-6-2)13(16)17-12-11-14(3)4/h5-12H2,1-4H3. The molecule has 0 aromatic rings. The van der Waals surface area contributed by atoms with Crippen molar-refractivity contribution in [3.05, 3.63) is 0 Å². The lowest BCUT2D eigenvalue weighted by Gasteiger charge is -2.24. The van der Waals surface area contributed by atoms with Crippen LogP contribution in [0.4, 0.5) is 0 Å². The van der Waals surface area contributed by atoms with Crippen molar-refractivity contribution in [3.8, 4) is 0 Å². The van der Waals surface area contributed by atoms with E-state index in [9.17, 15) is 0 Å². The number of thioether (sulfide) groups is 1. The smallest absolute Gasteiger partial charge is 0.136 e. The van der Waals surface area contributed by atoms with Gasteiger partial charge in [-0.1, -0.05) is 50.7 Å². The number of unbranched alkanes of at least 4 members (excludes halogenated alkanes) is 2. The zero-order chi connectivity index (χ0) is 13.1. The second-order valence-corrected chi connectivity index (χ2v) is 6.34. The normalized spacial score (nSPS) is 10.9. The SMILES string of the molecule is CCCCN(CCCC)C(=S)SCCN(C)C. The van der Waals surface area contributed by atoms with Gasteiger partial charge in [0, 0.05) is 25.4 Å². The Hall–Kier alpha value is 0.200. The Morgan fingerprint density at radius 1 is 1.00 bits per heavy atom. The van der Waals surface area contributed by atoms with Gasteiger partial charge in [0.2, 0.25) is 0 Å². The summed E-state index contributed by atoms with van der Waals surface area (Å²) in [6.45, 7) is 7.83. The highest BCUT2D eigenvalue weighted by atomic mass is 32.2. The lowest BCUT2D eigenvalue weighted by atomic mass is 10.3. The monoisotopic (exact) mass is 276 g/mol. The van der Waals surface area contributed by atoms with Gasteiger partial charge < -0.3 is 9.80 Å². The zero-order valence-corrected chi connectivity index (χ0v) is 13.5. The predicted octanol–water partition coefficient (Wildman–Crippen LogP) is 3.47.